The molecule has 150 valence electrons. The number of aromatic nitrogens is 2. The zero-order valence-electron chi connectivity index (χ0n) is 16.1. The first-order chi connectivity index (χ1) is 13.4. The van der Waals surface area contributed by atoms with E-state index in [1.165, 1.54) is 7.11 Å². The second kappa shape index (κ2) is 8.75. The van der Waals surface area contributed by atoms with Crippen molar-refractivity contribution in [3.05, 3.63) is 41.0 Å². The summed E-state index contributed by atoms with van der Waals surface area (Å²) in [5, 5.41) is 13.8. The summed E-state index contributed by atoms with van der Waals surface area (Å²) >= 11 is 6.26. The van der Waals surface area contributed by atoms with Crippen molar-refractivity contribution in [1.29, 1.82) is 0 Å². The number of carbonyl (C=O) groups excluding carboxylic acids is 1. The Hall–Kier alpha value is -2.38. The Balaban J connectivity index is 1.75. The van der Waals surface area contributed by atoms with Gasteiger partial charge in [0.1, 0.15) is 5.82 Å². The number of benzene rings is 1. The van der Waals surface area contributed by atoms with Gasteiger partial charge in [0, 0.05) is 25.5 Å². The fourth-order valence-corrected chi connectivity index (χ4v) is 3.58. The van der Waals surface area contributed by atoms with Crippen molar-refractivity contribution in [2.75, 3.05) is 25.6 Å². The van der Waals surface area contributed by atoms with Gasteiger partial charge in [0.25, 0.3) is 5.91 Å². The predicted octanol–water partition coefficient (Wildman–Crippen LogP) is 3.33. The second-order valence-corrected chi connectivity index (χ2v) is 7.50. The minimum Gasteiger partial charge on any atom is -0.467 e. The molecular formula is C20H25ClN4O3. The van der Waals surface area contributed by atoms with Crippen LogP contribution in [0.5, 0.6) is 6.01 Å². The standard InChI is InChI=1S/C20H25ClN4O3/c1-25(17-8-11-22-19(24-17)28-2)14-6-7-16(21)15(12-14)18(26)23-13-20(27)9-4-3-5-10-20/h6-8,11-12,27H,3-5,9-10,13H2,1-2H3,(H,23,26). The normalized spacial score (nSPS) is 15.7. The van der Waals surface area contributed by atoms with E-state index < -0.39 is 5.60 Å². The molecule has 0 saturated heterocycles. The van der Waals surface area contributed by atoms with Crippen molar-refractivity contribution >= 4 is 29.0 Å². The molecule has 1 amide bonds. The molecule has 28 heavy (non-hydrogen) atoms. The summed E-state index contributed by atoms with van der Waals surface area (Å²) in [7, 11) is 3.33. The van der Waals surface area contributed by atoms with Gasteiger partial charge >= 0.3 is 6.01 Å². The van der Waals surface area contributed by atoms with Crippen LogP contribution < -0.4 is 15.0 Å². The van der Waals surface area contributed by atoms with E-state index >= 15 is 0 Å². The maximum Gasteiger partial charge on any atom is 0.318 e. The number of nitrogens with one attached hydrogen (secondary N) is 1. The maximum atomic E-state index is 12.7. The highest BCUT2D eigenvalue weighted by Crippen LogP contribution is 2.29. The number of rotatable bonds is 6. The van der Waals surface area contributed by atoms with Crippen molar-refractivity contribution in [2.24, 2.45) is 0 Å². The Morgan fingerprint density at radius 3 is 2.79 bits per heavy atom. The summed E-state index contributed by atoms with van der Waals surface area (Å²) in [6.07, 6.45) is 6.11. The molecule has 1 heterocycles. The number of anilines is 2. The Morgan fingerprint density at radius 1 is 1.32 bits per heavy atom. The minimum absolute atomic E-state index is 0.228. The largest absolute Gasteiger partial charge is 0.467 e. The highest BCUT2D eigenvalue weighted by molar-refractivity contribution is 6.34. The molecule has 1 saturated carbocycles. The molecule has 0 bridgehead atoms. The zero-order chi connectivity index (χ0) is 20.1. The van der Waals surface area contributed by atoms with Gasteiger partial charge in [-0.25, -0.2) is 4.98 Å². The topological polar surface area (TPSA) is 87.6 Å². The first-order valence-electron chi connectivity index (χ1n) is 9.33. The van der Waals surface area contributed by atoms with Crippen molar-refractivity contribution < 1.29 is 14.6 Å². The first-order valence-corrected chi connectivity index (χ1v) is 9.70. The number of hydrogen-bond donors (Lipinski definition) is 2. The van der Waals surface area contributed by atoms with Crippen LogP contribution in [0.25, 0.3) is 0 Å². The fraction of sp³-hybridized carbons (Fsp3) is 0.450. The molecule has 2 N–H and O–H groups in total. The van der Waals surface area contributed by atoms with Crippen LogP contribution in [-0.4, -0.2) is 47.3 Å². The highest BCUT2D eigenvalue weighted by atomic mass is 35.5. The summed E-state index contributed by atoms with van der Waals surface area (Å²) in [5.74, 6) is 0.316. The highest BCUT2D eigenvalue weighted by Gasteiger charge is 2.29. The smallest absolute Gasteiger partial charge is 0.318 e. The van der Waals surface area contributed by atoms with Gasteiger partial charge in [-0.05, 0) is 37.1 Å². The van der Waals surface area contributed by atoms with Crippen molar-refractivity contribution in [2.45, 2.75) is 37.7 Å². The van der Waals surface area contributed by atoms with Gasteiger partial charge in [-0.1, -0.05) is 30.9 Å². The van der Waals surface area contributed by atoms with Crippen LogP contribution in [-0.2, 0) is 0 Å². The molecule has 1 aromatic carbocycles. The third kappa shape index (κ3) is 4.72. The van der Waals surface area contributed by atoms with Gasteiger partial charge in [-0.15, -0.1) is 0 Å². The lowest BCUT2D eigenvalue weighted by Gasteiger charge is -2.32. The van der Waals surface area contributed by atoms with Crippen molar-refractivity contribution in [3.8, 4) is 6.01 Å². The molecule has 3 rings (SSSR count). The molecule has 0 spiro atoms. The van der Waals surface area contributed by atoms with Gasteiger partial charge in [0.2, 0.25) is 0 Å². The van der Waals surface area contributed by atoms with Crippen LogP contribution in [0.2, 0.25) is 5.02 Å². The summed E-state index contributed by atoms with van der Waals surface area (Å²) in [4.78, 5) is 22.8. The molecule has 1 aliphatic rings. The van der Waals surface area contributed by atoms with E-state index in [0.29, 0.717) is 29.2 Å². The van der Waals surface area contributed by atoms with E-state index in [1.54, 1.807) is 24.4 Å². The molecule has 2 aromatic rings. The number of nitrogens with zero attached hydrogens (tertiary/aromatic N) is 3. The molecule has 7 nitrogen and oxygen atoms in total. The number of carbonyl (C=O) groups is 1. The molecule has 1 fully saturated rings. The van der Waals surface area contributed by atoms with Gasteiger partial charge in [0.05, 0.1) is 23.3 Å². The lowest BCUT2D eigenvalue weighted by atomic mass is 9.85. The van der Waals surface area contributed by atoms with Crippen LogP contribution in [0.4, 0.5) is 11.5 Å². The fourth-order valence-electron chi connectivity index (χ4n) is 3.37. The summed E-state index contributed by atoms with van der Waals surface area (Å²) in [6, 6.07) is 7.20. The van der Waals surface area contributed by atoms with Crippen molar-refractivity contribution in [1.82, 2.24) is 15.3 Å². The summed E-state index contributed by atoms with van der Waals surface area (Å²) < 4.78 is 5.06. The number of hydrogen-bond acceptors (Lipinski definition) is 6. The molecule has 0 aliphatic heterocycles. The molecule has 8 heteroatoms. The Morgan fingerprint density at radius 2 is 2.07 bits per heavy atom. The average molecular weight is 405 g/mol. The molecule has 0 radical (unpaired) electrons. The Bertz CT molecular complexity index is 840. The van der Waals surface area contributed by atoms with E-state index in [-0.39, 0.29) is 18.5 Å². The summed E-state index contributed by atoms with van der Waals surface area (Å²) in [6.45, 7) is 0.228. The van der Waals surface area contributed by atoms with Crippen LogP contribution in [0, 0.1) is 0 Å². The lowest BCUT2D eigenvalue weighted by molar-refractivity contribution is 0.00526. The van der Waals surface area contributed by atoms with Gasteiger partial charge in [-0.2, -0.15) is 4.98 Å². The Labute approximate surface area is 169 Å². The monoisotopic (exact) mass is 404 g/mol. The number of aliphatic hydroxyl groups is 1. The minimum atomic E-state index is -0.827. The molecule has 0 unspecified atom stereocenters. The second-order valence-electron chi connectivity index (χ2n) is 7.09. The van der Waals surface area contributed by atoms with Crippen LogP contribution in [0.1, 0.15) is 42.5 Å². The molecule has 0 atom stereocenters. The first kappa shape index (κ1) is 20.4. The van der Waals surface area contributed by atoms with E-state index in [9.17, 15) is 9.90 Å². The maximum absolute atomic E-state index is 12.7. The van der Waals surface area contributed by atoms with Crippen molar-refractivity contribution in [3.63, 3.8) is 0 Å². The number of halogens is 1. The molecule has 1 aliphatic carbocycles. The predicted molar refractivity (Wildman–Crippen MR) is 108 cm³/mol. The van der Waals surface area contributed by atoms with Crippen LogP contribution >= 0.6 is 11.6 Å². The number of methoxy groups -OCH3 is 1. The number of ether oxygens (including phenoxy) is 1. The van der Waals surface area contributed by atoms with E-state index in [4.69, 9.17) is 16.3 Å². The van der Waals surface area contributed by atoms with Crippen LogP contribution in [0.15, 0.2) is 30.5 Å². The molecule has 1 aromatic heterocycles. The lowest BCUT2D eigenvalue weighted by Crippen LogP contribution is -2.44. The third-order valence-corrected chi connectivity index (χ3v) is 5.42. The van der Waals surface area contributed by atoms with Gasteiger partial charge < -0.3 is 20.1 Å². The van der Waals surface area contributed by atoms with Crippen LogP contribution in [0.3, 0.4) is 0 Å². The van der Waals surface area contributed by atoms with E-state index in [0.717, 1.165) is 24.9 Å². The third-order valence-electron chi connectivity index (χ3n) is 5.09. The van der Waals surface area contributed by atoms with Gasteiger partial charge in [0.15, 0.2) is 0 Å². The van der Waals surface area contributed by atoms with E-state index in [1.807, 2.05) is 18.0 Å². The zero-order valence-corrected chi connectivity index (χ0v) is 16.9. The van der Waals surface area contributed by atoms with Gasteiger partial charge in [-0.3, -0.25) is 4.79 Å². The SMILES string of the molecule is COc1nccc(N(C)c2ccc(Cl)c(C(=O)NCC3(O)CCCCC3)c2)n1. The average Bonchev–Trinajstić information content (AvgIpc) is 2.72. The molecular weight excluding hydrogens is 380 g/mol. The summed E-state index contributed by atoms with van der Waals surface area (Å²) in [5.41, 5.74) is 0.268. The van der Waals surface area contributed by atoms with E-state index in [2.05, 4.69) is 15.3 Å². The quantitative estimate of drug-likeness (QED) is 0.767. The number of amides is 1. The Kier molecular flexibility index (Phi) is 6.36.